The Morgan fingerprint density at radius 2 is 2.05 bits per heavy atom. The fourth-order valence-corrected chi connectivity index (χ4v) is 2.51. The van der Waals surface area contributed by atoms with Crippen molar-refractivity contribution in [2.45, 2.75) is 13.8 Å². The molecule has 0 atom stereocenters. The topological polar surface area (TPSA) is 59.4 Å². The van der Waals surface area contributed by atoms with Gasteiger partial charge in [0.15, 0.2) is 0 Å². The first-order valence-electron chi connectivity index (χ1n) is 5.73. The van der Waals surface area contributed by atoms with Gasteiger partial charge in [0.1, 0.15) is 11.3 Å². The Kier molecular flexibility index (Phi) is 4.30. The van der Waals surface area contributed by atoms with E-state index in [4.69, 9.17) is 16.3 Å². The molecule has 20 heavy (non-hydrogen) atoms. The van der Waals surface area contributed by atoms with Crippen LogP contribution >= 0.6 is 27.5 Å². The molecule has 4 nitrogen and oxygen atoms in total. The predicted molar refractivity (Wildman–Crippen MR) is 79.9 cm³/mol. The van der Waals surface area contributed by atoms with Gasteiger partial charge < -0.3 is 9.84 Å². The van der Waals surface area contributed by atoms with E-state index in [-0.39, 0.29) is 11.4 Å². The van der Waals surface area contributed by atoms with Crippen LogP contribution in [0.2, 0.25) is 5.02 Å². The summed E-state index contributed by atoms with van der Waals surface area (Å²) >= 11 is 9.35. The number of pyridine rings is 1. The zero-order chi connectivity index (χ0) is 14.9. The molecule has 0 saturated heterocycles. The molecule has 0 radical (unpaired) electrons. The van der Waals surface area contributed by atoms with Crippen LogP contribution in [0.5, 0.6) is 11.6 Å². The van der Waals surface area contributed by atoms with Crippen LogP contribution in [0.15, 0.2) is 28.7 Å². The lowest BCUT2D eigenvalue weighted by molar-refractivity contribution is 0.0692. The summed E-state index contributed by atoms with van der Waals surface area (Å²) in [6, 6.07) is 6.77. The molecule has 0 bridgehead atoms. The number of hydrogen-bond donors (Lipinski definition) is 1. The maximum Gasteiger partial charge on any atom is 0.341 e. The molecule has 0 saturated carbocycles. The normalized spacial score (nSPS) is 10.4. The van der Waals surface area contributed by atoms with Crippen LogP contribution in [-0.2, 0) is 0 Å². The molecule has 0 unspecified atom stereocenters. The number of halogens is 2. The summed E-state index contributed by atoms with van der Waals surface area (Å²) in [6.45, 7) is 3.48. The number of carboxylic acid groups (broad SMARTS) is 1. The molecule has 1 aromatic carbocycles. The van der Waals surface area contributed by atoms with Gasteiger partial charge in [0, 0.05) is 10.2 Å². The summed E-state index contributed by atoms with van der Waals surface area (Å²) in [5, 5.41) is 9.64. The van der Waals surface area contributed by atoms with Crippen molar-refractivity contribution in [2.24, 2.45) is 0 Å². The van der Waals surface area contributed by atoms with Gasteiger partial charge in [-0.2, -0.15) is 0 Å². The van der Waals surface area contributed by atoms with E-state index in [1.807, 2.05) is 0 Å². The van der Waals surface area contributed by atoms with Gasteiger partial charge in [0.2, 0.25) is 5.88 Å². The van der Waals surface area contributed by atoms with Crippen molar-refractivity contribution in [1.82, 2.24) is 4.98 Å². The molecule has 2 aromatic rings. The first-order chi connectivity index (χ1) is 9.38. The summed E-state index contributed by atoms with van der Waals surface area (Å²) in [5.74, 6) is -0.688. The van der Waals surface area contributed by atoms with Gasteiger partial charge in [-0.05, 0) is 43.7 Å². The lowest BCUT2D eigenvalue weighted by Crippen LogP contribution is -2.06. The van der Waals surface area contributed by atoms with Crippen molar-refractivity contribution in [2.75, 3.05) is 0 Å². The van der Waals surface area contributed by atoms with Crippen LogP contribution in [0.4, 0.5) is 0 Å². The van der Waals surface area contributed by atoms with Gasteiger partial charge in [0.05, 0.1) is 5.02 Å². The van der Waals surface area contributed by atoms with E-state index in [9.17, 15) is 9.90 Å². The number of aromatic carboxylic acids is 1. The second-order valence-electron chi connectivity index (χ2n) is 4.24. The molecule has 104 valence electrons. The van der Waals surface area contributed by atoms with Crippen molar-refractivity contribution < 1.29 is 14.6 Å². The molecule has 1 N–H and O–H groups in total. The van der Waals surface area contributed by atoms with E-state index in [2.05, 4.69) is 20.9 Å². The molecular weight excluding hydrogens is 346 g/mol. The third-order valence-corrected chi connectivity index (χ3v) is 3.41. The molecule has 6 heteroatoms. The molecule has 0 spiro atoms. The maximum atomic E-state index is 11.3. The highest BCUT2D eigenvalue weighted by atomic mass is 79.9. The van der Waals surface area contributed by atoms with Gasteiger partial charge in [0.25, 0.3) is 0 Å². The summed E-state index contributed by atoms with van der Waals surface area (Å²) in [6.07, 6.45) is 0. The SMILES string of the molecule is Cc1cc(C)c(C(=O)O)c(Oc2ccc(Br)cc2Cl)n1. The van der Waals surface area contributed by atoms with Crippen LogP contribution in [0.1, 0.15) is 21.6 Å². The van der Waals surface area contributed by atoms with Crippen LogP contribution in [0.3, 0.4) is 0 Å². The number of ether oxygens (including phenoxy) is 1. The van der Waals surface area contributed by atoms with Crippen molar-refractivity contribution in [3.05, 3.63) is 50.6 Å². The van der Waals surface area contributed by atoms with Gasteiger partial charge in [-0.15, -0.1) is 0 Å². The van der Waals surface area contributed by atoms with Crippen LogP contribution in [0, 0.1) is 13.8 Å². The minimum absolute atomic E-state index is 0.0367. The first-order valence-corrected chi connectivity index (χ1v) is 6.90. The number of benzene rings is 1. The van der Waals surface area contributed by atoms with Gasteiger partial charge in [-0.3, -0.25) is 0 Å². The molecule has 0 amide bonds. The average molecular weight is 357 g/mol. The zero-order valence-electron chi connectivity index (χ0n) is 10.8. The Morgan fingerprint density at radius 3 is 2.65 bits per heavy atom. The molecular formula is C14H11BrClNO3. The summed E-state index contributed by atoms with van der Waals surface area (Å²) in [7, 11) is 0. The predicted octanol–water partition coefficient (Wildman–Crippen LogP) is 4.60. The lowest BCUT2D eigenvalue weighted by atomic mass is 10.1. The first kappa shape index (κ1) is 14.8. The largest absolute Gasteiger partial charge is 0.477 e. The molecule has 0 aliphatic carbocycles. The summed E-state index contributed by atoms with van der Waals surface area (Å²) < 4.78 is 6.38. The van der Waals surface area contributed by atoms with Crippen LogP contribution in [0.25, 0.3) is 0 Å². The highest BCUT2D eigenvalue weighted by molar-refractivity contribution is 9.10. The maximum absolute atomic E-state index is 11.3. The molecule has 1 heterocycles. The van der Waals surface area contributed by atoms with Gasteiger partial charge in [-0.1, -0.05) is 27.5 Å². The molecule has 1 aromatic heterocycles. The number of aromatic nitrogens is 1. The van der Waals surface area contributed by atoms with E-state index in [1.54, 1.807) is 38.1 Å². The number of hydrogen-bond acceptors (Lipinski definition) is 3. The van der Waals surface area contributed by atoms with E-state index in [0.29, 0.717) is 22.0 Å². The van der Waals surface area contributed by atoms with Gasteiger partial charge in [-0.25, -0.2) is 9.78 Å². The second kappa shape index (κ2) is 5.81. The molecule has 0 aliphatic heterocycles. The van der Waals surface area contributed by atoms with Crippen LogP contribution in [-0.4, -0.2) is 16.1 Å². The van der Waals surface area contributed by atoms with E-state index >= 15 is 0 Å². The second-order valence-corrected chi connectivity index (χ2v) is 5.57. The van der Waals surface area contributed by atoms with Crippen molar-refractivity contribution >= 4 is 33.5 Å². The van der Waals surface area contributed by atoms with Gasteiger partial charge >= 0.3 is 5.97 Å². The van der Waals surface area contributed by atoms with Crippen molar-refractivity contribution in [3.8, 4) is 11.6 Å². The van der Waals surface area contributed by atoms with Crippen molar-refractivity contribution in [1.29, 1.82) is 0 Å². The van der Waals surface area contributed by atoms with E-state index in [1.165, 1.54) is 0 Å². The third kappa shape index (κ3) is 3.11. The monoisotopic (exact) mass is 355 g/mol. The third-order valence-electron chi connectivity index (χ3n) is 2.63. The highest BCUT2D eigenvalue weighted by Gasteiger charge is 2.18. The summed E-state index contributed by atoms with van der Waals surface area (Å²) in [4.78, 5) is 15.5. The Morgan fingerprint density at radius 1 is 1.35 bits per heavy atom. The number of rotatable bonds is 3. The quantitative estimate of drug-likeness (QED) is 0.873. The minimum Gasteiger partial charge on any atom is -0.477 e. The molecule has 0 aliphatic rings. The standard InChI is InChI=1S/C14H11BrClNO3/c1-7-5-8(2)17-13(12(7)14(18)19)20-11-4-3-9(15)6-10(11)16/h3-6H,1-2H3,(H,18,19). The Labute approximate surface area is 129 Å². The number of carboxylic acids is 1. The Bertz CT molecular complexity index is 688. The fraction of sp³-hybridized carbons (Fsp3) is 0.143. The highest BCUT2D eigenvalue weighted by Crippen LogP contribution is 2.33. The molecule has 0 fully saturated rings. The Balaban J connectivity index is 2.50. The minimum atomic E-state index is -1.08. The van der Waals surface area contributed by atoms with Crippen LogP contribution < -0.4 is 4.74 Å². The molecule has 2 rings (SSSR count). The fourth-order valence-electron chi connectivity index (χ4n) is 1.80. The Hall–Kier alpha value is -1.59. The average Bonchev–Trinajstić information content (AvgIpc) is 2.31. The summed E-state index contributed by atoms with van der Waals surface area (Å²) in [5.41, 5.74) is 1.30. The number of aryl methyl sites for hydroxylation is 2. The van der Waals surface area contributed by atoms with Crippen molar-refractivity contribution in [3.63, 3.8) is 0 Å². The number of carbonyl (C=O) groups is 1. The smallest absolute Gasteiger partial charge is 0.341 e. The zero-order valence-corrected chi connectivity index (χ0v) is 13.1. The lowest BCUT2D eigenvalue weighted by Gasteiger charge is -2.12. The number of nitrogens with zero attached hydrogens (tertiary/aromatic N) is 1. The van der Waals surface area contributed by atoms with E-state index in [0.717, 1.165) is 4.47 Å². The van der Waals surface area contributed by atoms with E-state index < -0.39 is 5.97 Å².